The number of likely N-dealkylation sites (tertiary alicyclic amines) is 1. The Kier molecular flexibility index (Phi) is 6.46. The molecule has 0 radical (unpaired) electrons. The quantitative estimate of drug-likeness (QED) is 0.513. The molecule has 2 N–H and O–H groups in total. The van der Waals surface area contributed by atoms with Crippen molar-refractivity contribution in [1.29, 1.82) is 0 Å². The van der Waals surface area contributed by atoms with Gasteiger partial charge in [0.25, 0.3) is 5.91 Å². The molecule has 1 aromatic rings. The number of anilines is 1. The summed E-state index contributed by atoms with van der Waals surface area (Å²) in [5.74, 6) is -0.248. The van der Waals surface area contributed by atoms with E-state index in [2.05, 4.69) is 5.32 Å². The number of para-hydroxylation sites is 2. The molecule has 7 heteroatoms. The van der Waals surface area contributed by atoms with Crippen molar-refractivity contribution < 1.29 is 24.0 Å². The number of nitrogens with zero attached hydrogens (tertiary/aromatic N) is 1. The third-order valence-electron chi connectivity index (χ3n) is 5.38. The maximum atomic E-state index is 12.7. The van der Waals surface area contributed by atoms with E-state index in [0.29, 0.717) is 30.8 Å². The van der Waals surface area contributed by atoms with Gasteiger partial charge in [0.2, 0.25) is 11.8 Å². The first kappa shape index (κ1) is 20.1. The van der Waals surface area contributed by atoms with Crippen LogP contribution in [-0.2, 0) is 14.4 Å². The zero-order valence-electron chi connectivity index (χ0n) is 16.4. The third kappa shape index (κ3) is 4.25. The Morgan fingerprint density at radius 1 is 1.18 bits per heavy atom. The molecule has 0 saturated carbocycles. The number of methoxy groups -OCH3 is 1. The summed E-state index contributed by atoms with van der Waals surface area (Å²) in [6.45, 7) is 3.13. The maximum Gasteiger partial charge on any atom is 0.279 e. The van der Waals surface area contributed by atoms with Crippen LogP contribution in [0.15, 0.2) is 36.4 Å². The first-order valence-corrected chi connectivity index (χ1v) is 9.81. The molecular formula is C21H28N3O4+. The number of nitrogens with one attached hydrogen (secondary N) is 2. The van der Waals surface area contributed by atoms with Crippen LogP contribution in [0, 0.1) is 11.8 Å². The number of rotatable bonds is 8. The van der Waals surface area contributed by atoms with Crippen LogP contribution >= 0.6 is 0 Å². The SMILES string of the molecule is CCC[NH+](CC(=O)Nc1ccccc1OC)CN1C(=O)[C@H]2CC=CC[C@H]2C1=O. The van der Waals surface area contributed by atoms with Crippen LogP contribution in [0.4, 0.5) is 5.69 Å². The molecule has 0 aromatic heterocycles. The summed E-state index contributed by atoms with van der Waals surface area (Å²) in [4.78, 5) is 40.2. The molecular weight excluding hydrogens is 358 g/mol. The number of benzene rings is 1. The van der Waals surface area contributed by atoms with Crippen LogP contribution < -0.4 is 15.0 Å². The molecule has 3 rings (SSSR count). The molecule has 3 amide bonds. The highest BCUT2D eigenvalue weighted by Crippen LogP contribution is 2.34. The lowest BCUT2D eigenvalue weighted by Crippen LogP contribution is -3.14. The molecule has 7 nitrogen and oxygen atoms in total. The van der Waals surface area contributed by atoms with Crippen molar-refractivity contribution in [2.24, 2.45) is 11.8 Å². The summed E-state index contributed by atoms with van der Waals surface area (Å²) >= 11 is 0. The summed E-state index contributed by atoms with van der Waals surface area (Å²) in [6.07, 6.45) is 6.06. The van der Waals surface area contributed by atoms with Crippen LogP contribution in [0.5, 0.6) is 5.75 Å². The highest BCUT2D eigenvalue weighted by molar-refractivity contribution is 6.05. The van der Waals surface area contributed by atoms with Crippen LogP contribution in [0.3, 0.4) is 0 Å². The van der Waals surface area contributed by atoms with E-state index < -0.39 is 0 Å². The zero-order valence-corrected chi connectivity index (χ0v) is 16.4. The van der Waals surface area contributed by atoms with E-state index in [1.165, 1.54) is 4.90 Å². The van der Waals surface area contributed by atoms with E-state index in [-0.39, 0.29) is 42.8 Å². The van der Waals surface area contributed by atoms with Crippen LogP contribution in [0.1, 0.15) is 26.2 Å². The normalized spacial score (nSPS) is 22.1. The van der Waals surface area contributed by atoms with Crippen molar-refractivity contribution in [3.8, 4) is 5.75 Å². The third-order valence-corrected chi connectivity index (χ3v) is 5.38. The molecule has 1 aliphatic heterocycles. The second-order valence-corrected chi connectivity index (χ2v) is 7.34. The number of fused-ring (bicyclic) bond motifs is 1. The highest BCUT2D eigenvalue weighted by Gasteiger charge is 2.48. The van der Waals surface area contributed by atoms with Gasteiger partial charge in [-0.2, -0.15) is 0 Å². The molecule has 1 aromatic carbocycles. The Morgan fingerprint density at radius 2 is 1.82 bits per heavy atom. The summed E-state index contributed by atoms with van der Waals surface area (Å²) < 4.78 is 5.26. The number of amides is 3. The topological polar surface area (TPSA) is 80.2 Å². The minimum Gasteiger partial charge on any atom is -0.495 e. The summed E-state index contributed by atoms with van der Waals surface area (Å²) in [6, 6.07) is 7.22. The standard InChI is InChI=1S/C21H27N3O4/c1-3-12-23(13-19(25)22-17-10-6-7-11-18(17)28-2)14-24-20(26)15-8-4-5-9-16(15)21(24)27/h4-7,10-11,15-16H,3,8-9,12-14H2,1-2H3,(H,22,25)/p+1/t15-,16+. The molecule has 2 aliphatic rings. The van der Waals surface area contributed by atoms with Gasteiger partial charge in [-0.15, -0.1) is 0 Å². The van der Waals surface area contributed by atoms with Crippen molar-refractivity contribution in [1.82, 2.24) is 4.90 Å². The zero-order chi connectivity index (χ0) is 20.1. The second-order valence-electron chi connectivity index (χ2n) is 7.34. The number of quaternary nitrogens is 1. The number of carbonyl (C=O) groups excluding carboxylic acids is 3. The van der Waals surface area contributed by atoms with Gasteiger partial charge in [0, 0.05) is 0 Å². The molecule has 28 heavy (non-hydrogen) atoms. The lowest BCUT2D eigenvalue weighted by Gasteiger charge is -2.23. The lowest BCUT2D eigenvalue weighted by molar-refractivity contribution is -0.899. The Bertz CT molecular complexity index is 751. The predicted molar refractivity (Wildman–Crippen MR) is 105 cm³/mol. The molecule has 0 spiro atoms. The van der Waals surface area contributed by atoms with Crippen molar-refractivity contribution >= 4 is 23.4 Å². The van der Waals surface area contributed by atoms with Crippen molar-refractivity contribution in [3.63, 3.8) is 0 Å². The number of allylic oxidation sites excluding steroid dienone is 2. The van der Waals surface area contributed by atoms with E-state index in [0.717, 1.165) is 11.3 Å². The summed E-state index contributed by atoms with van der Waals surface area (Å²) in [5.41, 5.74) is 0.608. The molecule has 1 fully saturated rings. The van der Waals surface area contributed by atoms with Gasteiger partial charge in [0.05, 0.1) is 31.2 Å². The van der Waals surface area contributed by atoms with E-state index >= 15 is 0 Å². The molecule has 1 heterocycles. The minimum atomic E-state index is -0.234. The fourth-order valence-electron chi connectivity index (χ4n) is 3.99. The molecule has 3 atom stereocenters. The predicted octanol–water partition coefficient (Wildman–Crippen LogP) is 0.837. The van der Waals surface area contributed by atoms with Crippen LogP contribution in [-0.4, -0.2) is 49.5 Å². The number of hydrogen-bond acceptors (Lipinski definition) is 4. The van der Waals surface area contributed by atoms with Crippen LogP contribution in [0.2, 0.25) is 0 Å². The molecule has 1 aliphatic carbocycles. The Morgan fingerprint density at radius 3 is 2.43 bits per heavy atom. The molecule has 150 valence electrons. The lowest BCUT2D eigenvalue weighted by atomic mass is 9.85. The van der Waals surface area contributed by atoms with Crippen molar-refractivity contribution in [3.05, 3.63) is 36.4 Å². The monoisotopic (exact) mass is 386 g/mol. The van der Waals surface area contributed by atoms with Gasteiger partial charge in [-0.3, -0.25) is 14.4 Å². The Balaban J connectivity index is 1.64. The van der Waals surface area contributed by atoms with Gasteiger partial charge in [-0.05, 0) is 31.4 Å². The summed E-state index contributed by atoms with van der Waals surface area (Å²) in [7, 11) is 1.55. The van der Waals surface area contributed by atoms with Gasteiger partial charge in [0.1, 0.15) is 5.75 Å². The molecule has 1 unspecified atom stereocenters. The average molecular weight is 386 g/mol. The van der Waals surface area contributed by atoms with Gasteiger partial charge < -0.3 is 15.0 Å². The molecule has 1 saturated heterocycles. The van der Waals surface area contributed by atoms with Gasteiger partial charge in [-0.25, -0.2) is 4.90 Å². The number of ether oxygens (including phenoxy) is 1. The Hall–Kier alpha value is -2.67. The van der Waals surface area contributed by atoms with E-state index in [1.54, 1.807) is 19.2 Å². The van der Waals surface area contributed by atoms with Gasteiger partial charge >= 0.3 is 0 Å². The van der Waals surface area contributed by atoms with Crippen LogP contribution in [0.25, 0.3) is 0 Å². The van der Waals surface area contributed by atoms with Crippen molar-refractivity contribution in [2.45, 2.75) is 26.2 Å². The Labute approximate surface area is 165 Å². The largest absolute Gasteiger partial charge is 0.495 e. The number of carbonyl (C=O) groups is 3. The fourth-order valence-corrected chi connectivity index (χ4v) is 3.99. The smallest absolute Gasteiger partial charge is 0.279 e. The summed E-state index contributed by atoms with van der Waals surface area (Å²) in [5, 5.41) is 2.86. The number of imide groups is 1. The second kappa shape index (κ2) is 9.01. The average Bonchev–Trinajstić information content (AvgIpc) is 2.94. The minimum absolute atomic E-state index is 0.0990. The van der Waals surface area contributed by atoms with E-state index in [4.69, 9.17) is 4.74 Å². The fraction of sp³-hybridized carbons (Fsp3) is 0.476. The van der Waals surface area contributed by atoms with E-state index in [9.17, 15) is 14.4 Å². The highest BCUT2D eigenvalue weighted by atomic mass is 16.5. The van der Waals surface area contributed by atoms with Gasteiger partial charge in [-0.1, -0.05) is 31.2 Å². The first-order chi connectivity index (χ1) is 13.5. The van der Waals surface area contributed by atoms with E-state index in [1.807, 2.05) is 31.2 Å². The van der Waals surface area contributed by atoms with Gasteiger partial charge in [0.15, 0.2) is 13.2 Å². The maximum absolute atomic E-state index is 12.7. The molecule has 0 bridgehead atoms. The number of hydrogen-bond donors (Lipinski definition) is 2. The van der Waals surface area contributed by atoms with Crippen molar-refractivity contribution in [2.75, 3.05) is 32.2 Å². The first-order valence-electron chi connectivity index (χ1n) is 9.81.